The highest BCUT2D eigenvalue weighted by molar-refractivity contribution is 5.98. The van der Waals surface area contributed by atoms with Crippen LogP contribution in [0.25, 0.3) is 33.2 Å². The van der Waals surface area contributed by atoms with E-state index in [1.807, 2.05) is 58.0 Å². The fourth-order valence-corrected chi connectivity index (χ4v) is 15.3. The zero-order valence-electron chi connectivity index (χ0n) is 76.8. The smallest absolute Gasteiger partial charge is 0.355 e. The number of pyridine rings is 2. The summed E-state index contributed by atoms with van der Waals surface area (Å²) in [6.45, 7) is 15.4. The number of rotatable bonds is 55. The van der Waals surface area contributed by atoms with Crippen molar-refractivity contribution in [3.63, 3.8) is 0 Å². The Hall–Kier alpha value is -13.3. The minimum absolute atomic E-state index is 0.00460. The Balaban J connectivity index is 0.604. The third-order valence-corrected chi connectivity index (χ3v) is 22.4. The first kappa shape index (κ1) is 104. The molecule has 1 fully saturated rings. The molecule has 7 heterocycles. The van der Waals surface area contributed by atoms with E-state index < -0.39 is 155 Å². The molecule has 1 saturated heterocycles. The van der Waals surface area contributed by atoms with Crippen molar-refractivity contribution in [1.29, 1.82) is 0 Å². The number of fused-ring (bicyclic) bond motifs is 6. The summed E-state index contributed by atoms with van der Waals surface area (Å²) in [5.74, 6) is -11.4. The van der Waals surface area contributed by atoms with Gasteiger partial charge in [-0.05, 0) is 80.2 Å². The molecule has 728 valence electrons. The Labute approximate surface area is 773 Å². The quantitative estimate of drug-likeness (QED) is 0.0149. The number of carbonyl (C=O) groups excluding carboxylic acids is 16. The monoisotopic (exact) mass is 1870 g/mol. The van der Waals surface area contributed by atoms with Crippen LogP contribution in [-0.2, 0) is 132 Å². The van der Waals surface area contributed by atoms with Gasteiger partial charge in [-0.1, -0.05) is 84.9 Å². The van der Waals surface area contributed by atoms with E-state index in [4.69, 9.17) is 44.9 Å². The van der Waals surface area contributed by atoms with Crippen molar-refractivity contribution in [3.05, 3.63) is 118 Å². The lowest BCUT2D eigenvalue weighted by atomic mass is 9.85. The number of hydrogen-bond donors (Lipinski definition) is 16. The number of amides is 15. The maximum absolute atomic E-state index is 14.4. The molecule has 6 aromatic rings. The van der Waals surface area contributed by atoms with Crippen LogP contribution in [0.5, 0.6) is 0 Å². The molecule has 18 N–H and O–H groups in total. The summed E-state index contributed by atoms with van der Waals surface area (Å²) < 4.78 is 34.8. The van der Waals surface area contributed by atoms with Gasteiger partial charge in [0.05, 0.1) is 75.0 Å². The molecule has 9 rings (SSSR count). The lowest BCUT2D eigenvalue weighted by Crippen LogP contribution is -2.59. The molecule has 0 aliphatic carbocycles. The summed E-state index contributed by atoms with van der Waals surface area (Å²) >= 11 is 0. The minimum atomic E-state index is -1.96. The maximum Gasteiger partial charge on any atom is 0.355 e. The van der Waals surface area contributed by atoms with Gasteiger partial charge in [0, 0.05) is 143 Å². The Kier molecular flexibility index (Phi) is 40.2. The molecule has 44 heteroatoms. The van der Waals surface area contributed by atoms with E-state index in [1.165, 1.54) is 19.4 Å². The van der Waals surface area contributed by atoms with Gasteiger partial charge in [-0.3, -0.25) is 76.8 Å². The summed E-state index contributed by atoms with van der Waals surface area (Å²) in [5, 5.41) is 33.5. The van der Waals surface area contributed by atoms with Gasteiger partial charge >= 0.3 is 18.0 Å². The van der Waals surface area contributed by atoms with Crippen LogP contribution in [0.4, 0.5) is 4.79 Å². The second kappa shape index (κ2) is 51.6. The van der Waals surface area contributed by atoms with Crippen molar-refractivity contribution in [2.24, 2.45) is 29.2 Å². The predicted octanol–water partition coefficient (Wildman–Crippen LogP) is -1.74. The van der Waals surface area contributed by atoms with Crippen LogP contribution < -0.4 is 80.8 Å². The van der Waals surface area contributed by atoms with Crippen LogP contribution in [0.2, 0.25) is 0 Å². The van der Waals surface area contributed by atoms with Crippen LogP contribution >= 0.6 is 0 Å². The third-order valence-electron chi connectivity index (χ3n) is 22.4. The van der Waals surface area contributed by atoms with Gasteiger partial charge < -0.3 is 123 Å². The Morgan fingerprint density at radius 3 is 1.86 bits per heavy atom. The molecule has 8 atom stereocenters. The minimum Gasteiger partial charge on any atom is -0.457 e. The number of H-pyrrole nitrogens is 2. The van der Waals surface area contributed by atoms with Crippen molar-refractivity contribution < 1.29 is 105 Å². The fourth-order valence-electron chi connectivity index (χ4n) is 15.3. The summed E-state index contributed by atoms with van der Waals surface area (Å²) in [5.41, 5.74) is 13.5. The van der Waals surface area contributed by atoms with Crippen molar-refractivity contribution in [3.8, 4) is 11.4 Å². The highest BCUT2D eigenvalue weighted by Crippen LogP contribution is 2.41. The lowest BCUT2D eigenvalue weighted by Gasteiger charge is -2.35. The number of benzene rings is 2. The average molecular weight is 1870 g/mol. The van der Waals surface area contributed by atoms with Crippen molar-refractivity contribution in [2.75, 3.05) is 118 Å². The third kappa shape index (κ3) is 31.4. The number of aromatic nitrogens is 5. The van der Waals surface area contributed by atoms with E-state index in [0.29, 0.717) is 66.3 Å². The molecular weight excluding hydrogens is 1740 g/mol. The summed E-state index contributed by atoms with van der Waals surface area (Å²) in [6, 6.07) is 9.37. The number of primary amides is 2. The molecule has 15 amide bonds. The number of nitrogens with zero attached hydrogens (tertiary/aromatic N) is 5. The molecule has 2 aromatic carbocycles. The standard InChI is InChI=1S/C90H125N21O23/c1-9-90(62-43-70-79-58(40-56-14-10-12-16-63(56)104-79)47-111(70)87(126)61(62)48-133-88(90)127)134-77(118)46-99-73(114)21-20-72(113)94-24-27-109-28-30-110(31-29-109)89(128)97-26-33-130-34-36-131-49-75(116)95-25-32-129-35-37-132-50-76(117)102-65(18-19-71(91)112)82(121)107-68(41-57-44-98-64-17-13-11-15-60(57)64)83(122)101-55(8)81(120)108-78(54(6)7)86(125)96-23-22-74(115)103-69(42-59-45-93-51-100-59)85(124)106-67(39-53(4)5)84(123)105-66(80(92)119)38-52(2)3/h10-17,40,43-45,51-55,65-69,78,98H,9,18-39,41-42,46-50H2,1-8H3,(H2,91,112)(H2,92,119)(H,93,100)(H,94,113)(H,95,116)(H,96,125)(H,97,128)(H,99,114)(H,101,122)(H,102,117)(H,103,115)(H,105,123)(H,106,124)(H,107,121)(H,108,120)/t55-,65-,66-,67-,68-,69-,78-,90-/m0/s1. The lowest BCUT2D eigenvalue weighted by molar-refractivity contribution is -0.189. The van der Waals surface area contributed by atoms with Gasteiger partial charge in [0.1, 0.15) is 68.7 Å². The van der Waals surface area contributed by atoms with Crippen LogP contribution in [0, 0.1) is 17.8 Å². The first-order chi connectivity index (χ1) is 64.1. The molecule has 3 aliphatic rings. The number of aromatic amines is 2. The van der Waals surface area contributed by atoms with E-state index in [1.54, 1.807) is 66.8 Å². The van der Waals surface area contributed by atoms with Gasteiger partial charge in [0.25, 0.3) is 5.56 Å². The van der Waals surface area contributed by atoms with Gasteiger partial charge in [-0.2, -0.15) is 0 Å². The predicted molar refractivity (Wildman–Crippen MR) is 484 cm³/mol. The number of nitrogens with one attached hydrogen (secondary N) is 14. The number of carbonyl (C=O) groups is 16. The summed E-state index contributed by atoms with van der Waals surface area (Å²) in [6.07, 6.45) is 3.29. The van der Waals surface area contributed by atoms with Crippen LogP contribution in [0.3, 0.4) is 0 Å². The topological polar surface area (TPSA) is 611 Å². The molecule has 134 heavy (non-hydrogen) atoms. The zero-order valence-corrected chi connectivity index (χ0v) is 76.8. The zero-order chi connectivity index (χ0) is 97.1. The molecule has 0 unspecified atom stereocenters. The molecule has 3 aliphatic heterocycles. The van der Waals surface area contributed by atoms with Gasteiger partial charge in [0.2, 0.25) is 82.4 Å². The molecule has 0 spiro atoms. The highest BCUT2D eigenvalue weighted by atomic mass is 16.6. The number of nitrogens with two attached hydrogens (primary N) is 2. The van der Waals surface area contributed by atoms with Crippen molar-refractivity contribution >= 4 is 117 Å². The van der Waals surface area contributed by atoms with Crippen molar-refractivity contribution in [1.82, 2.24) is 98.1 Å². The number of ether oxygens (including phenoxy) is 6. The van der Waals surface area contributed by atoms with Crippen LogP contribution in [0.15, 0.2) is 84.2 Å². The van der Waals surface area contributed by atoms with E-state index in [0.717, 1.165) is 16.5 Å². The number of para-hydroxylation sites is 2. The SMILES string of the molecule is CC[C@@]1(OC(=O)CNC(=O)CCC(=O)NCCN2CCN(C(=O)NCCOCCOCC(=O)NCCOCCOCC(=O)N[C@@H](CCC(N)=O)C(=O)N[C@@H](Cc3c[nH]c4ccccc34)C(=O)N[C@@H](C)C(=O)N[C@H](C(=O)NCCC(=O)N[C@@H](Cc3cnc[nH]3)C(=O)N[C@@H](CC(C)C)C(=O)N[C@@H](CC(C)C)C(N)=O)C(C)C)CC2)C(=O)OCc2c1cc1n(c2=O)Cc2cc3ccccc3nc2-1. The molecule has 0 saturated carbocycles. The summed E-state index contributed by atoms with van der Waals surface area (Å²) in [4.78, 5) is 245. The Bertz CT molecular complexity index is 5190. The van der Waals surface area contributed by atoms with Gasteiger partial charge in [-0.15, -0.1) is 0 Å². The number of urea groups is 1. The Morgan fingerprint density at radius 1 is 0.567 bits per heavy atom. The fraction of sp³-hybridized carbons (Fsp3) is 0.544. The van der Waals surface area contributed by atoms with E-state index in [-0.39, 0.29) is 185 Å². The summed E-state index contributed by atoms with van der Waals surface area (Å²) in [7, 11) is 0. The maximum atomic E-state index is 14.4. The van der Waals surface area contributed by atoms with E-state index in [9.17, 15) is 81.5 Å². The second-order valence-electron chi connectivity index (χ2n) is 34.0. The van der Waals surface area contributed by atoms with Gasteiger partial charge in [0.15, 0.2) is 0 Å². The number of cyclic esters (lactones) is 1. The first-order valence-electron chi connectivity index (χ1n) is 45.0. The molecule has 44 nitrogen and oxygen atoms in total. The number of piperazine rings is 1. The Morgan fingerprint density at radius 2 is 1.18 bits per heavy atom. The highest BCUT2D eigenvalue weighted by Gasteiger charge is 2.51. The van der Waals surface area contributed by atoms with E-state index in [2.05, 4.69) is 83.7 Å². The number of imidazole rings is 1. The number of hydrogen-bond acceptors (Lipinski definition) is 26. The van der Waals surface area contributed by atoms with Crippen LogP contribution in [0.1, 0.15) is 135 Å². The molecule has 0 bridgehead atoms. The number of esters is 2. The van der Waals surface area contributed by atoms with Crippen LogP contribution in [-0.4, -0.2) is 290 Å². The van der Waals surface area contributed by atoms with Crippen molar-refractivity contribution in [2.45, 2.75) is 181 Å². The first-order valence-corrected chi connectivity index (χ1v) is 45.0. The van der Waals surface area contributed by atoms with Gasteiger partial charge in [-0.25, -0.2) is 19.6 Å². The largest absolute Gasteiger partial charge is 0.457 e. The molecule has 4 aromatic heterocycles. The second-order valence-corrected chi connectivity index (χ2v) is 34.0. The molecular formula is C90H125N21O23. The average Bonchev–Trinajstić information content (AvgIpc) is 1.45. The van der Waals surface area contributed by atoms with E-state index >= 15 is 0 Å². The molecule has 0 radical (unpaired) electrons. The normalized spacial score (nSPS) is 15.5.